The van der Waals surface area contributed by atoms with Gasteiger partial charge in [0.1, 0.15) is 11.5 Å². The highest BCUT2D eigenvalue weighted by Gasteiger charge is 2.17. The molecule has 0 spiro atoms. The maximum Gasteiger partial charge on any atom is 0.268 e. The van der Waals surface area contributed by atoms with Crippen LogP contribution < -0.4 is 5.32 Å². The van der Waals surface area contributed by atoms with Crippen LogP contribution >= 0.6 is 27.3 Å². The fraction of sp³-hybridized carbons (Fsp3) is 0.235. The Hall–Kier alpha value is -1.70. The van der Waals surface area contributed by atoms with Gasteiger partial charge in [0.2, 0.25) is 0 Å². The largest absolute Gasteiger partial charge is 0.383 e. The highest BCUT2D eigenvalue weighted by Crippen LogP contribution is 2.33. The van der Waals surface area contributed by atoms with Crippen molar-refractivity contribution in [1.29, 1.82) is 0 Å². The van der Waals surface area contributed by atoms with Crippen molar-refractivity contribution < 1.29 is 13.9 Å². The number of carbonyl (C=O) groups excluding carboxylic acids is 1. The summed E-state index contributed by atoms with van der Waals surface area (Å²) in [6.45, 7) is 1.32. The standard InChI is InChI=1S/C17H16BrFN2O2S/c1-23-6-5-20-17(22)14-8-15-13(9-16(18)24-15)21(14)10-11-3-2-4-12(19)7-11/h2-4,7-9H,5-6,10H2,1H3,(H,20,22). The number of rotatable bonds is 6. The fourth-order valence-electron chi connectivity index (χ4n) is 2.55. The van der Waals surface area contributed by atoms with Crippen LogP contribution in [0.4, 0.5) is 4.39 Å². The van der Waals surface area contributed by atoms with E-state index in [2.05, 4.69) is 21.2 Å². The second kappa shape index (κ2) is 7.46. The molecular formula is C17H16BrFN2O2S. The van der Waals surface area contributed by atoms with Crippen LogP contribution in [-0.2, 0) is 11.3 Å². The molecule has 24 heavy (non-hydrogen) atoms. The molecule has 0 aliphatic carbocycles. The third-order valence-corrected chi connectivity index (χ3v) is 5.19. The second-order valence-electron chi connectivity index (χ2n) is 5.29. The molecule has 0 bridgehead atoms. The summed E-state index contributed by atoms with van der Waals surface area (Å²) in [6, 6.07) is 10.3. The lowest BCUT2D eigenvalue weighted by Crippen LogP contribution is -2.29. The Labute approximate surface area is 151 Å². The predicted octanol–water partition coefficient (Wildman–Crippen LogP) is 4.03. The molecule has 3 rings (SSSR count). The number of benzene rings is 1. The van der Waals surface area contributed by atoms with Gasteiger partial charge in [0.15, 0.2) is 0 Å². The number of ether oxygens (including phenoxy) is 1. The van der Waals surface area contributed by atoms with Gasteiger partial charge in [0.25, 0.3) is 5.91 Å². The van der Waals surface area contributed by atoms with E-state index < -0.39 is 0 Å². The van der Waals surface area contributed by atoms with Gasteiger partial charge in [0, 0.05) is 20.2 Å². The summed E-state index contributed by atoms with van der Waals surface area (Å²) < 4.78 is 22.3. The summed E-state index contributed by atoms with van der Waals surface area (Å²) in [6.07, 6.45) is 0. The number of hydrogen-bond acceptors (Lipinski definition) is 3. The molecular weight excluding hydrogens is 395 g/mol. The lowest BCUT2D eigenvalue weighted by atomic mass is 10.2. The smallest absolute Gasteiger partial charge is 0.268 e. The first-order chi connectivity index (χ1) is 11.6. The summed E-state index contributed by atoms with van der Waals surface area (Å²) in [4.78, 5) is 12.5. The number of carbonyl (C=O) groups is 1. The van der Waals surface area contributed by atoms with E-state index in [0.29, 0.717) is 25.4 Å². The molecule has 1 amide bonds. The minimum atomic E-state index is -0.284. The Bertz CT molecular complexity index is 875. The van der Waals surface area contributed by atoms with Crippen LogP contribution in [0.25, 0.3) is 10.2 Å². The fourth-order valence-corrected chi connectivity index (χ4v) is 4.11. The number of amides is 1. The molecule has 0 fully saturated rings. The number of halogens is 2. The molecule has 2 aromatic heterocycles. The van der Waals surface area contributed by atoms with Crippen molar-refractivity contribution in [3.05, 3.63) is 57.3 Å². The molecule has 0 aliphatic rings. The quantitative estimate of drug-likeness (QED) is 0.623. The molecule has 7 heteroatoms. The van der Waals surface area contributed by atoms with E-state index in [0.717, 1.165) is 19.6 Å². The Morgan fingerprint density at radius 2 is 2.21 bits per heavy atom. The number of thiophene rings is 1. The molecule has 0 saturated heterocycles. The summed E-state index contributed by atoms with van der Waals surface area (Å²) in [7, 11) is 1.59. The van der Waals surface area contributed by atoms with E-state index in [9.17, 15) is 9.18 Å². The van der Waals surface area contributed by atoms with Crippen LogP contribution in [0, 0.1) is 5.82 Å². The van der Waals surface area contributed by atoms with Crippen molar-refractivity contribution in [2.45, 2.75) is 6.54 Å². The van der Waals surface area contributed by atoms with Gasteiger partial charge in [-0.2, -0.15) is 0 Å². The van der Waals surface area contributed by atoms with Gasteiger partial charge in [-0.05, 0) is 45.8 Å². The topological polar surface area (TPSA) is 43.3 Å². The van der Waals surface area contributed by atoms with Crippen molar-refractivity contribution in [1.82, 2.24) is 9.88 Å². The van der Waals surface area contributed by atoms with E-state index >= 15 is 0 Å². The summed E-state index contributed by atoms with van der Waals surface area (Å²) in [5, 5.41) is 2.84. The van der Waals surface area contributed by atoms with Gasteiger partial charge < -0.3 is 14.6 Å². The molecule has 0 aliphatic heterocycles. The Balaban J connectivity index is 1.96. The number of methoxy groups -OCH3 is 1. The Morgan fingerprint density at radius 1 is 1.38 bits per heavy atom. The van der Waals surface area contributed by atoms with Crippen LogP contribution in [0.1, 0.15) is 16.1 Å². The maximum absolute atomic E-state index is 13.5. The van der Waals surface area contributed by atoms with Crippen molar-refractivity contribution >= 4 is 43.4 Å². The highest BCUT2D eigenvalue weighted by atomic mass is 79.9. The maximum atomic E-state index is 13.5. The van der Waals surface area contributed by atoms with E-state index in [1.807, 2.05) is 22.8 Å². The van der Waals surface area contributed by atoms with Crippen molar-refractivity contribution in [2.75, 3.05) is 20.3 Å². The van der Waals surface area contributed by atoms with E-state index in [1.165, 1.54) is 12.1 Å². The third kappa shape index (κ3) is 3.68. The molecule has 0 saturated carbocycles. The lowest BCUT2D eigenvalue weighted by Gasteiger charge is -2.11. The van der Waals surface area contributed by atoms with Crippen molar-refractivity contribution in [3.63, 3.8) is 0 Å². The second-order valence-corrected chi connectivity index (χ2v) is 7.76. The van der Waals surface area contributed by atoms with Gasteiger partial charge in [0.05, 0.1) is 20.6 Å². The SMILES string of the molecule is COCCNC(=O)c1cc2sc(Br)cc2n1Cc1cccc(F)c1. The Kier molecular flexibility index (Phi) is 5.33. The Morgan fingerprint density at radius 3 is 2.96 bits per heavy atom. The summed E-state index contributed by atoms with van der Waals surface area (Å²) >= 11 is 5.04. The van der Waals surface area contributed by atoms with Gasteiger partial charge >= 0.3 is 0 Å². The average Bonchev–Trinajstić information content (AvgIpc) is 3.05. The lowest BCUT2D eigenvalue weighted by molar-refractivity contribution is 0.0929. The first-order valence-corrected chi connectivity index (χ1v) is 8.99. The third-order valence-electron chi connectivity index (χ3n) is 3.61. The van der Waals surface area contributed by atoms with Crippen molar-refractivity contribution in [2.24, 2.45) is 0 Å². The number of hydrogen-bond donors (Lipinski definition) is 1. The number of fused-ring (bicyclic) bond motifs is 1. The number of nitrogens with one attached hydrogen (secondary N) is 1. The number of aromatic nitrogens is 1. The minimum Gasteiger partial charge on any atom is -0.383 e. The number of nitrogens with zero attached hydrogens (tertiary/aromatic N) is 1. The summed E-state index contributed by atoms with van der Waals surface area (Å²) in [5.41, 5.74) is 2.32. The molecule has 0 atom stereocenters. The van der Waals surface area contributed by atoms with Crippen molar-refractivity contribution in [3.8, 4) is 0 Å². The molecule has 1 N–H and O–H groups in total. The molecule has 4 nitrogen and oxygen atoms in total. The normalized spacial score (nSPS) is 11.1. The van der Waals surface area contributed by atoms with Crippen LogP contribution in [0.15, 0.2) is 40.2 Å². The van der Waals surface area contributed by atoms with E-state index in [4.69, 9.17) is 4.74 Å². The first-order valence-electron chi connectivity index (χ1n) is 7.38. The molecule has 1 aromatic carbocycles. The molecule has 0 unspecified atom stereocenters. The van der Waals surface area contributed by atoms with Gasteiger partial charge in [-0.15, -0.1) is 11.3 Å². The van der Waals surface area contributed by atoms with E-state index in [-0.39, 0.29) is 11.7 Å². The van der Waals surface area contributed by atoms with Gasteiger partial charge in [-0.1, -0.05) is 12.1 Å². The zero-order valence-electron chi connectivity index (χ0n) is 13.0. The first kappa shape index (κ1) is 17.1. The van der Waals surface area contributed by atoms with Gasteiger partial charge in [-0.3, -0.25) is 4.79 Å². The average molecular weight is 411 g/mol. The predicted molar refractivity (Wildman–Crippen MR) is 97.2 cm³/mol. The zero-order chi connectivity index (χ0) is 17.1. The molecule has 3 aromatic rings. The van der Waals surface area contributed by atoms with Crippen LogP contribution in [0.2, 0.25) is 0 Å². The van der Waals surface area contributed by atoms with Gasteiger partial charge in [-0.25, -0.2) is 4.39 Å². The summed E-state index contributed by atoms with van der Waals surface area (Å²) in [5.74, 6) is -0.448. The van der Waals surface area contributed by atoms with E-state index in [1.54, 1.807) is 24.5 Å². The van der Waals surface area contributed by atoms with Crippen LogP contribution in [0.5, 0.6) is 0 Å². The van der Waals surface area contributed by atoms with Crippen LogP contribution in [0.3, 0.4) is 0 Å². The molecule has 126 valence electrons. The molecule has 0 radical (unpaired) electrons. The highest BCUT2D eigenvalue weighted by molar-refractivity contribution is 9.11. The molecule has 2 heterocycles. The van der Waals surface area contributed by atoms with Crippen LogP contribution in [-0.4, -0.2) is 30.7 Å². The monoisotopic (exact) mass is 410 g/mol. The zero-order valence-corrected chi connectivity index (χ0v) is 15.4. The minimum absolute atomic E-state index is 0.164.